The van der Waals surface area contributed by atoms with E-state index in [9.17, 15) is 14.4 Å². The van der Waals surface area contributed by atoms with Crippen LogP contribution in [0.5, 0.6) is 0 Å². The van der Waals surface area contributed by atoms with Crippen LogP contribution >= 0.6 is 0 Å². The van der Waals surface area contributed by atoms with Gasteiger partial charge >= 0.3 is 5.97 Å². The van der Waals surface area contributed by atoms with Crippen LogP contribution in [0.2, 0.25) is 0 Å². The van der Waals surface area contributed by atoms with Crippen LogP contribution in [0.4, 0.5) is 5.69 Å². The number of aromatic nitrogens is 4. The van der Waals surface area contributed by atoms with Crippen molar-refractivity contribution in [2.24, 2.45) is 5.73 Å². The third kappa shape index (κ3) is 3.93. The summed E-state index contributed by atoms with van der Waals surface area (Å²) < 4.78 is 2.83. The van der Waals surface area contributed by atoms with Crippen molar-refractivity contribution in [3.8, 4) is 0 Å². The number of carbonyl (C=O) groups excluding carboxylic acids is 2. The van der Waals surface area contributed by atoms with E-state index in [0.717, 1.165) is 0 Å². The summed E-state index contributed by atoms with van der Waals surface area (Å²) in [6.45, 7) is 2.50. The number of primary amides is 1. The summed E-state index contributed by atoms with van der Waals surface area (Å²) in [6.07, 6.45) is 4.14. The first-order valence-electron chi connectivity index (χ1n) is 6.83. The highest BCUT2D eigenvalue weighted by atomic mass is 16.4. The lowest BCUT2D eigenvalue weighted by Gasteiger charge is -2.01. The van der Waals surface area contributed by atoms with Crippen molar-refractivity contribution in [1.82, 2.24) is 19.6 Å². The molecule has 2 heterocycles. The largest absolute Gasteiger partial charge is 0.481 e. The molecule has 0 saturated heterocycles. The second kappa shape index (κ2) is 6.73. The van der Waals surface area contributed by atoms with Crippen molar-refractivity contribution < 1.29 is 19.5 Å². The highest BCUT2D eigenvalue weighted by Gasteiger charge is 2.17. The van der Waals surface area contributed by atoms with Crippen LogP contribution in [0.15, 0.2) is 18.6 Å². The number of aryl methyl sites for hydroxylation is 2. The number of carbonyl (C=O) groups is 3. The summed E-state index contributed by atoms with van der Waals surface area (Å²) in [5, 5.41) is 19.0. The van der Waals surface area contributed by atoms with Crippen molar-refractivity contribution in [2.45, 2.75) is 26.4 Å². The molecule has 2 rings (SSSR count). The first-order chi connectivity index (χ1) is 10.9. The predicted octanol–water partition coefficient (Wildman–Crippen LogP) is -0.0746. The van der Waals surface area contributed by atoms with Gasteiger partial charge in [-0.15, -0.1) is 0 Å². The van der Waals surface area contributed by atoms with Gasteiger partial charge in [0, 0.05) is 18.9 Å². The summed E-state index contributed by atoms with van der Waals surface area (Å²) in [5.74, 6) is -2.20. The highest BCUT2D eigenvalue weighted by molar-refractivity contribution is 6.07. The molecule has 4 N–H and O–H groups in total. The fourth-order valence-corrected chi connectivity index (χ4v) is 1.86. The predicted molar refractivity (Wildman–Crippen MR) is 78.9 cm³/mol. The smallest absolute Gasteiger partial charge is 0.305 e. The zero-order valence-corrected chi connectivity index (χ0v) is 12.4. The summed E-state index contributed by atoms with van der Waals surface area (Å²) in [5.41, 5.74) is 5.64. The van der Waals surface area contributed by atoms with Gasteiger partial charge in [-0.1, -0.05) is 0 Å². The Labute approximate surface area is 130 Å². The molecule has 0 atom stereocenters. The van der Waals surface area contributed by atoms with Gasteiger partial charge in [0.25, 0.3) is 11.8 Å². The number of aliphatic carboxylic acids is 1. The average Bonchev–Trinajstić information content (AvgIpc) is 3.11. The van der Waals surface area contributed by atoms with Crippen LogP contribution in [0, 0.1) is 0 Å². The number of rotatable bonds is 7. The number of anilines is 1. The van der Waals surface area contributed by atoms with Gasteiger partial charge in [0.2, 0.25) is 0 Å². The van der Waals surface area contributed by atoms with Crippen LogP contribution in [-0.2, 0) is 17.9 Å². The monoisotopic (exact) mass is 320 g/mol. The molecule has 2 amide bonds. The SMILES string of the molecule is CCn1cc(NC(=O)c2cnn(CCC(=O)O)c2)c(C(N)=O)n1. The minimum Gasteiger partial charge on any atom is -0.481 e. The molecule has 0 aliphatic rings. The van der Waals surface area contributed by atoms with Crippen molar-refractivity contribution in [3.63, 3.8) is 0 Å². The van der Waals surface area contributed by atoms with Crippen molar-refractivity contribution in [1.29, 1.82) is 0 Å². The molecule has 0 radical (unpaired) electrons. The fraction of sp³-hybridized carbons (Fsp3) is 0.308. The second-order valence-corrected chi connectivity index (χ2v) is 4.70. The Hall–Kier alpha value is -3.17. The van der Waals surface area contributed by atoms with E-state index >= 15 is 0 Å². The lowest BCUT2D eigenvalue weighted by Crippen LogP contribution is -2.17. The number of hydrogen-bond donors (Lipinski definition) is 3. The molecule has 2 aromatic heterocycles. The van der Waals surface area contributed by atoms with Gasteiger partial charge in [-0.3, -0.25) is 23.7 Å². The molecule has 0 saturated carbocycles. The van der Waals surface area contributed by atoms with Gasteiger partial charge in [-0.2, -0.15) is 10.2 Å². The quantitative estimate of drug-likeness (QED) is 0.651. The maximum absolute atomic E-state index is 12.2. The second-order valence-electron chi connectivity index (χ2n) is 4.70. The van der Waals surface area contributed by atoms with E-state index in [1.54, 1.807) is 0 Å². The number of amides is 2. The maximum Gasteiger partial charge on any atom is 0.305 e. The van der Waals surface area contributed by atoms with Crippen LogP contribution in [0.25, 0.3) is 0 Å². The number of hydrogen-bond acceptors (Lipinski definition) is 5. The van der Waals surface area contributed by atoms with Gasteiger partial charge < -0.3 is 16.2 Å². The fourth-order valence-electron chi connectivity index (χ4n) is 1.86. The van der Waals surface area contributed by atoms with Crippen LogP contribution in [0.1, 0.15) is 34.2 Å². The minimum absolute atomic E-state index is 0.0292. The van der Waals surface area contributed by atoms with E-state index in [-0.39, 0.29) is 29.9 Å². The molecule has 0 aliphatic carbocycles. The van der Waals surface area contributed by atoms with E-state index in [4.69, 9.17) is 10.8 Å². The minimum atomic E-state index is -0.954. The number of nitrogens with one attached hydrogen (secondary N) is 1. The first-order valence-corrected chi connectivity index (χ1v) is 6.83. The molecule has 10 heteroatoms. The number of carboxylic acids is 1. The Morgan fingerprint density at radius 3 is 2.65 bits per heavy atom. The van der Waals surface area contributed by atoms with Gasteiger partial charge in [0.1, 0.15) is 0 Å². The van der Waals surface area contributed by atoms with E-state index in [1.807, 2.05) is 6.92 Å². The van der Waals surface area contributed by atoms with Crippen LogP contribution < -0.4 is 11.1 Å². The molecule has 0 aliphatic heterocycles. The number of nitrogens with zero attached hydrogens (tertiary/aromatic N) is 4. The lowest BCUT2D eigenvalue weighted by atomic mass is 10.3. The van der Waals surface area contributed by atoms with E-state index in [0.29, 0.717) is 6.54 Å². The third-order valence-corrected chi connectivity index (χ3v) is 3.02. The molecule has 0 bridgehead atoms. The van der Waals surface area contributed by atoms with Crippen molar-refractivity contribution in [2.75, 3.05) is 5.32 Å². The van der Waals surface area contributed by atoms with Crippen molar-refractivity contribution >= 4 is 23.5 Å². The molecule has 10 nitrogen and oxygen atoms in total. The first kappa shape index (κ1) is 16.2. The molecular formula is C13H16N6O4. The Balaban J connectivity index is 2.11. The van der Waals surface area contributed by atoms with Crippen LogP contribution in [-0.4, -0.2) is 42.5 Å². The highest BCUT2D eigenvalue weighted by Crippen LogP contribution is 2.14. The Bertz CT molecular complexity index is 747. The third-order valence-electron chi connectivity index (χ3n) is 3.02. The molecule has 0 fully saturated rings. The number of carboxylic acid groups (broad SMARTS) is 1. The topological polar surface area (TPSA) is 145 Å². The Morgan fingerprint density at radius 2 is 2.04 bits per heavy atom. The van der Waals surface area contributed by atoms with Crippen LogP contribution in [0.3, 0.4) is 0 Å². The molecule has 0 unspecified atom stereocenters. The summed E-state index contributed by atoms with van der Waals surface area (Å²) in [6, 6.07) is 0. The zero-order valence-electron chi connectivity index (χ0n) is 12.4. The summed E-state index contributed by atoms with van der Waals surface area (Å²) >= 11 is 0. The molecule has 0 aromatic carbocycles. The van der Waals surface area contributed by atoms with Gasteiger partial charge in [0.15, 0.2) is 5.69 Å². The molecular weight excluding hydrogens is 304 g/mol. The van der Waals surface area contributed by atoms with Gasteiger partial charge in [0.05, 0.1) is 30.4 Å². The van der Waals surface area contributed by atoms with E-state index in [2.05, 4.69) is 15.5 Å². The molecule has 23 heavy (non-hydrogen) atoms. The standard InChI is InChI=1S/C13H16N6O4/c1-2-18-7-9(11(17-18)12(14)22)16-13(23)8-5-15-19(6-8)4-3-10(20)21/h5-7H,2-4H2,1H3,(H2,14,22)(H,16,23)(H,20,21). The summed E-state index contributed by atoms with van der Waals surface area (Å²) in [4.78, 5) is 34.0. The zero-order chi connectivity index (χ0) is 17.0. The summed E-state index contributed by atoms with van der Waals surface area (Å²) in [7, 11) is 0. The lowest BCUT2D eigenvalue weighted by molar-refractivity contribution is -0.137. The molecule has 122 valence electrons. The maximum atomic E-state index is 12.2. The van der Waals surface area contributed by atoms with E-state index in [1.165, 1.54) is 28.0 Å². The van der Waals surface area contributed by atoms with Crippen molar-refractivity contribution in [3.05, 3.63) is 29.8 Å². The molecule has 0 spiro atoms. The average molecular weight is 320 g/mol. The Kier molecular flexibility index (Phi) is 4.74. The Morgan fingerprint density at radius 1 is 1.30 bits per heavy atom. The number of nitrogens with two attached hydrogens (primary N) is 1. The molecule has 2 aromatic rings. The normalized spacial score (nSPS) is 10.5. The van der Waals surface area contributed by atoms with Gasteiger partial charge in [-0.25, -0.2) is 0 Å². The van der Waals surface area contributed by atoms with Gasteiger partial charge in [-0.05, 0) is 6.92 Å². The van der Waals surface area contributed by atoms with E-state index < -0.39 is 17.8 Å².